The second-order valence-electron chi connectivity index (χ2n) is 4.41. The minimum atomic E-state index is -0.732. The first-order valence-electron chi connectivity index (χ1n) is 5.59. The molecule has 0 aromatic carbocycles. The van der Waals surface area contributed by atoms with Gasteiger partial charge in [0.15, 0.2) is 0 Å². The molecule has 0 unspecified atom stereocenters. The zero-order chi connectivity index (χ0) is 13.7. The normalized spacial score (nSPS) is 10.4. The van der Waals surface area contributed by atoms with E-state index in [1.54, 1.807) is 0 Å². The van der Waals surface area contributed by atoms with Gasteiger partial charge in [-0.15, -0.1) is 0 Å². The van der Waals surface area contributed by atoms with E-state index in [9.17, 15) is 14.0 Å². The fourth-order valence-corrected chi connectivity index (χ4v) is 1.57. The van der Waals surface area contributed by atoms with Crippen LogP contribution in [0.3, 0.4) is 0 Å². The number of hydrogen-bond acceptors (Lipinski definition) is 3. The highest BCUT2D eigenvalue weighted by molar-refractivity contribution is 5.96. The molecule has 0 saturated carbocycles. The molecule has 0 fully saturated rings. The molecule has 0 spiro atoms. The average molecular weight is 253 g/mol. The number of carbonyl (C=O) groups excluding carboxylic acids is 2. The van der Waals surface area contributed by atoms with Crippen molar-refractivity contribution in [2.24, 2.45) is 11.7 Å². The summed E-state index contributed by atoms with van der Waals surface area (Å²) >= 11 is 0. The molecule has 18 heavy (non-hydrogen) atoms. The van der Waals surface area contributed by atoms with Gasteiger partial charge in [-0.3, -0.25) is 9.59 Å². The number of nitrogens with two attached hydrogens (primary N) is 1. The van der Waals surface area contributed by atoms with E-state index in [0.29, 0.717) is 6.54 Å². The molecule has 0 bridgehead atoms. The number of primary amides is 1. The van der Waals surface area contributed by atoms with Crippen LogP contribution in [0.25, 0.3) is 0 Å². The van der Waals surface area contributed by atoms with Crippen molar-refractivity contribution in [1.82, 2.24) is 9.88 Å². The Kier molecular flexibility index (Phi) is 4.76. The molecule has 0 atom stereocenters. The second kappa shape index (κ2) is 6.09. The van der Waals surface area contributed by atoms with Gasteiger partial charge in [0.2, 0.25) is 11.9 Å². The van der Waals surface area contributed by atoms with Crippen LogP contribution < -0.4 is 5.73 Å². The summed E-state index contributed by atoms with van der Waals surface area (Å²) in [6.07, 6.45) is 1.21. The van der Waals surface area contributed by atoms with Crippen molar-refractivity contribution in [3.63, 3.8) is 0 Å². The van der Waals surface area contributed by atoms with Gasteiger partial charge in [0, 0.05) is 24.4 Å². The summed E-state index contributed by atoms with van der Waals surface area (Å²) in [5.74, 6) is -1.58. The van der Waals surface area contributed by atoms with Crippen LogP contribution in [0.4, 0.5) is 4.39 Å². The third-order valence-corrected chi connectivity index (χ3v) is 2.19. The van der Waals surface area contributed by atoms with Crippen molar-refractivity contribution < 1.29 is 14.0 Å². The monoisotopic (exact) mass is 253 g/mol. The molecular formula is C12H16FN3O2. The van der Waals surface area contributed by atoms with E-state index in [-0.39, 0.29) is 18.0 Å². The number of nitrogens with zero attached hydrogens (tertiary/aromatic N) is 2. The summed E-state index contributed by atoms with van der Waals surface area (Å²) in [7, 11) is 0. The summed E-state index contributed by atoms with van der Waals surface area (Å²) < 4.78 is 12.9. The molecule has 1 rings (SSSR count). The quantitative estimate of drug-likeness (QED) is 0.789. The van der Waals surface area contributed by atoms with E-state index < -0.39 is 17.8 Å². The number of aromatic nitrogens is 1. The number of hydrogen-bond donors (Lipinski definition) is 1. The van der Waals surface area contributed by atoms with E-state index in [1.807, 2.05) is 13.8 Å². The van der Waals surface area contributed by atoms with Crippen molar-refractivity contribution in [2.75, 3.05) is 13.1 Å². The third-order valence-electron chi connectivity index (χ3n) is 2.19. The van der Waals surface area contributed by atoms with Gasteiger partial charge in [0.25, 0.3) is 5.91 Å². The first-order chi connectivity index (χ1) is 8.40. The first kappa shape index (κ1) is 14.1. The van der Waals surface area contributed by atoms with Crippen molar-refractivity contribution in [2.45, 2.75) is 13.8 Å². The molecule has 1 heterocycles. The topological polar surface area (TPSA) is 76.3 Å². The summed E-state index contributed by atoms with van der Waals surface area (Å²) in [6.45, 7) is 4.02. The fraction of sp³-hybridized carbons (Fsp3) is 0.417. The smallest absolute Gasteiger partial charge is 0.254 e. The standard InChI is InChI=1S/C12H16FN3O2/c1-8(2)6-16(7-11(14)17)12(18)9-3-4-15-10(13)5-9/h3-5,8H,6-7H2,1-2H3,(H2,14,17). The Hall–Kier alpha value is -1.98. The van der Waals surface area contributed by atoms with Crippen molar-refractivity contribution in [1.29, 1.82) is 0 Å². The van der Waals surface area contributed by atoms with E-state index in [1.165, 1.54) is 17.2 Å². The summed E-state index contributed by atoms with van der Waals surface area (Å²) in [5, 5.41) is 0. The lowest BCUT2D eigenvalue weighted by molar-refractivity contribution is -0.118. The van der Waals surface area contributed by atoms with Gasteiger partial charge in [0.05, 0.1) is 6.54 Å². The Balaban J connectivity index is 2.90. The first-order valence-corrected chi connectivity index (χ1v) is 5.59. The van der Waals surface area contributed by atoms with Crippen molar-refractivity contribution in [3.8, 4) is 0 Å². The molecule has 5 nitrogen and oxygen atoms in total. The Morgan fingerprint density at radius 2 is 2.17 bits per heavy atom. The highest BCUT2D eigenvalue weighted by Crippen LogP contribution is 2.08. The van der Waals surface area contributed by atoms with E-state index >= 15 is 0 Å². The molecule has 6 heteroatoms. The Morgan fingerprint density at radius 3 is 2.67 bits per heavy atom. The predicted octanol–water partition coefficient (Wildman–Crippen LogP) is 0.804. The van der Waals surface area contributed by atoms with Crippen LogP contribution in [-0.2, 0) is 4.79 Å². The molecule has 0 aliphatic carbocycles. The largest absolute Gasteiger partial charge is 0.368 e. The highest BCUT2D eigenvalue weighted by atomic mass is 19.1. The lowest BCUT2D eigenvalue weighted by Gasteiger charge is -2.23. The summed E-state index contributed by atoms with van der Waals surface area (Å²) in [4.78, 5) is 27.7. The minimum Gasteiger partial charge on any atom is -0.368 e. The van der Waals surface area contributed by atoms with E-state index in [0.717, 1.165) is 6.07 Å². The Morgan fingerprint density at radius 1 is 1.50 bits per heavy atom. The van der Waals surface area contributed by atoms with Gasteiger partial charge in [-0.1, -0.05) is 13.8 Å². The number of amides is 2. The summed E-state index contributed by atoms with van der Waals surface area (Å²) in [6, 6.07) is 2.44. The molecule has 0 aliphatic rings. The van der Waals surface area contributed by atoms with Crippen LogP contribution in [0.2, 0.25) is 0 Å². The SMILES string of the molecule is CC(C)CN(CC(N)=O)C(=O)c1ccnc(F)c1. The van der Waals surface area contributed by atoms with Crippen LogP contribution >= 0.6 is 0 Å². The van der Waals surface area contributed by atoms with Crippen LogP contribution in [0.1, 0.15) is 24.2 Å². The number of rotatable bonds is 5. The Bertz CT molecular complexity index is 449. The molecule has 2 amide bonds. The predicted molar refractivity (Wildman–Crippen MR) is 64.1 cm³/mol. The second-order valence-corrected chi connectivity index (χ2v) is 4.41. The number of pyridine rings is 1. The van der Waals surface area contributed by atoms with E-state index in [4.69, 9.17) is 5.73 Å². The van der Waals surface area contributed by atoms with Gasteiger partial charge in [-0.05, 0) is 12.0 Å². The van der Waals surface area contributed by atoms with E-state index in [2.05, 4.69) is 4.98 Å². The molecule has 1 aromatic rings. The van der Waals surface area contributed by atoms with Crippen molar-refractivity contribution >= 4 is 11.8 Å². The van der Waals surface area contributed by atoms with Crippen LogP contribution in [0.15, 0.2) is 18.3 Å². The molecule has 1 aromatic heterocycles. The van der Waals surface area contributed by atoms with Gasteiger partial charge in [-0.2, -0.15) is 4.39 Å². The van der Waals surface area contributed by atoms with Crippen LogP contribution in [0.5, 0.6) is 0 Å². The maximum absolute atomic E-state index is 12.9. The van der Waals surface area contributed by atoms with Gasteiger partial charge in [-0.25, -0.2) is 4.98 Å². The summed E-state index contributed by atoms with van der Waals surface area (Å²) in [5.41, 5.74) is 5.25. The lowest BCUT2D eigenvalue weighted by Crippen LogP contribution is -2.40. The van der Waals surface area contributed by atoms with Gasteiger partial charge in [0.1, 0.15) is 0 Å². The number of halogens is 1. The zero-order valence-corrected chi connectivity index (χ0v) is 10.4. The number of carbonyl (C=O) groups is 2. The third kappa shape index (κ3) is 4.12. The van der Waals surface area contributed by atoms with Gasteiger partial charge < -0.3 is 10.6 Å². The Labute approximate surface area is 105 Å². The van der Waals surface area contributed by atoms with Gasteiger partial charge >= 0.3 is 0 Å². The van der Waals surface area contributed by atoms with Crippen molar-refractivity contribution in [3.05, 3.63) is 29.8 Å². The molecule has 0 aliphatic heterocycles. The molecule has 2 N–H and O–H groups in total. The molecule has 0 radical (unpaired) electrons. The van der Waals surface area contributed by atoms with Crippen LogP contribution in [-0.4, -0.2) is 34.8 Å². The minimum absolute atomic E-state index is 0.157. The highest BCUT2D eigenvalue weighted by Gasteiger charge is 2.19. The molecule has 0 saturated heterocycles. The lowest BCUT2D eigenvalue weighted by atomic mass is 10.1. The molecular weight excluding hydrogens is 237 g/mol. The van der Waals surface area contributed by atoms with Crippen LogP contribution in [0, 0.1) is 11.9 Å². The zero-order valence-electron chi connectivity index (χ0n) is 10.4. The molecule has 98 valence electrons. The maximum atomic E-state index is 12.9. The average Bonchev–Trinajstić information content (AvgIpc) is 2.26. The maximum Gasteiger partial charge on any atom is 0.254 e. The fourth-order valence-electron chi connectivity index (χ4n) is 1.57.